The van der Waals surface area contributed by atoms with E-state index in [1.54, 1.807) is 0 Å². The molecule has 0 aliphatic carbocycles. The normalized spacial score (nSPS) is 11.8. The van der Waals surface area contributed by atoms with Crippen molar-refractivity contribution in [1.29, 1.82) is 5.26 Å². The molecule has 1 rings (SSSR count). The number of ether oxygens (including phenoxy) is 2. The van der Waals surface area contributed by atoms with Crippen molar-refractivity contribution in [3.05, 3.63) is 23.3 Å². The number of nitrogens with zero attached hydrogens (tertiary/aromatic N) is 1. The molecule has 11 heteroatoms. The zero-order valence-electron chi connectivity index (χ0n) is 11.9. The van der Waals surface area contributed by atoms with Crippen molar-refractivity contribution in [3.8, 4) is 11.8 Å². The predicted molar refractivity (Wildman–Crippen MR) is 70.1 cm³/mol. The van der Waals surface area contributed by atoms with Crippen molar-refractivity contribution >= 4 is 17.7 Å². The molecular formula is C13H9F6NO3S. The van der Waals surface area contributed by atoms with E-state index in [-0.39, 0.29) is 6.61 Å². The summed E-state index contributed by atoms with van der Waals surface area (Å²) in [5.41, 5.74) is -6.19. The lowest BCUT2D eigenvalue weighted by Gasteiger charge is -2.17. The second-order valence-electron chi connectivity index (χ2n) is 4.12. The van der Waals surface area contributed by atoms with E-state index in [4.69, 9.17) is 5.26 Å². The van der Waals surface area contributed by atoms with Crippen molar-refractivity contribution in [1.82, 2.24) is 0 Å². The molecule has 0 radical (unpaired) electrons. The van der Waals surface area contributed by atoms with Crippen molar-refractivity contribution in [2.24, 2.45) is 0 Å². The van der Waals surface area contributed by atoms with Crippen LogP contribution < -0.4 is 4.74 Å². The van der Waals surface area contributed by atoms with Crippen molar-refractivity contribution in [2.75, 3.05) is 6.61 Å². The molecule has 0 heterocycles. The molecule has 0 fully saturated rings. The summed E-state index contributed by atoms with van der Waals surface area (Å²) in [6.45, 7) is 1.43. The van der Waals surface area contributed by atoms with Crippen LogP contribution in [0.3, 0.4) is 0 Å². The summed E-state index contributed by atoms with van der Waals surface area (Å²) in [6, 6.07) is 2.91. The lowest BCUT2D eigenvalue weighted by Crippen LogP contribution is -2.20. The summed E-state index contributed by atoms with van der Waals surface area (Å²) in [5, 5.41) is 8.96. The molecule has 0 bridgehead atoms. The zero-order chi connectivity index (χ0) is 18.5. The number of hydrogen-bond donors (Lipinski definition) is 0. The van der Waals surface area contributed by atoms with Gasteiger partial charge < -0.3 is 9.47 Å². The van der Waals surface area contributed by atoms with Gasteiger partial charge in [0.05, 0.1) is 13.0 Å². The molecule has 0 aromatic heterocycles. The zero-order valence-corrected chi connectivity index (χ0v) is 12.7. The summed E-state index contributed by atoms with van der Waals surface area (Å²) in [5.74, 6) is -2.06. The minimum atomic E-state index is -5.25. The molecule has 1 aromatic rings. The van der Waals surface area contributed by atoms with Crippen LogP contribution in [0, 0.1) is 11.3 Å². The minimum absolute atomic E-state index is 0.0403. The van der Waals surface area contributed by atoms with Gasteiger partial charge in [0.1, 0.15) is 11.6 Å². The number of hydrogen-bond acceptors (Lipinski definition) is 5. The molecule has 4 nitrogen and oxygen atoms in total. The molecule has 0 aliphatic rings. The molecule has 1 aromatic carbocycles. The van der Waals surface area contributed by atoms with Gasteiger partial charge in [-0.1, -0.05) is 6.07 Å². The molecular weight excluding hydrogens is 364 g/mol. The van der Waals surface area contributed by atoms with Crippen LogP contribution in [0.25, 0.3) is 0 Å². The van der Waals surface area contributed by atoms with E-state index < -0.39 is 57.8 Å². The van der Waals surface area contributed by atoms with Crippen LogP contribution in [-0.2, 0) is 16.0 Å². The second kappa shape index (κ2) is 7.65. The van der Waals surface area contributed by atoms with Gasteiger partial charge in [-0.25, -0.2) is 0 Å². The standard InChI is InChI=1S/C13H9F6NO3S/c1-2-22-10(21)5-7-3-4-9(24-13(17,18)19)8(6-20)11(7)23-12(14,15)16/h3-4H,2,5H2,1H3. The lowest BCUT2D eigenvalue weighted by molar-refractivity contribution is -0.275. The summed E-state index contributed by atoms with van der Waals surface area (Å²) >= 11 is -0.756. The van der Waals surface area contributed by atoms with E-state index in [1.807, 2.05) is 0 Å². The second-order valence-corrected chi connectivity index (χ2v) is 5.22. The number of rotatable bonds is 5. The smallest absolute Gasteiger partial charge is 0.466 e. The first kappa shape index (κ1) is 20.0. The fourth-order valence-corrected chi connectivity index (χ4v) is 2.29. The molecule has 0 aliphatic heterocycles. The third-order valence-corrected chi connectivity index (χ3v) is 3.19. The van der Waals surface area contributed by atoms with E-state index in [9.17, 15) is 31.1 Å². The highest BCUT2D eigenvalue weighted by atomic mass is 32.2. The highest BCUT2D eigenvalue weighted by Gasteiger charge is 2.36. The van der Waals surface area contributed by atoms with Crippen molar-refractivity contribution in [3.63, 3.8) is 0 Å². The van der Waals surface area contributed by atoms with Gasteiger partial charge in [0.2, 0.25) is 0 Å². The Morgan fingerprint density at radius 3 is 2.33 bits per heavy atom. The molecule has 24 heavy (non-hydrogen) atoms. The summed E-state index contributed by atoms with van der Waals surface area (Å²) < 4.78 is 83.2. The number of halogens is 6. The molecule has 0 N–H and O–H groups in total. The SMILES string of the molecule is CCOC(=O)Cc1ccc(SC(F)(F)F)c(C#N)c1OC(F)(F)F. The van der Waals surface area contributed by atoms with E-state index in [0.29, 0.717) is 0 Å². The van der Waals surface area contributed by atoms with Gasteiger partial charge in [0.25, 0.3) is 0 Å². The molecule has 0 saturated carbocycles. The van der Waals surface area contributed by atoms with Gasteiger partial charge in [-0.3, -0.25) is 4.79 Å². The maximum atomic E-state index is 12.5. The molecule has 0 spiro atoms. The van der Waals surface area contributed by atoms with Gasteiger partial charge in [-0.15, -0.1) is 13.2 Å². The van der Waals surface area contributed by atoms with Gasteiger partial charge in [-0.05, 0) is 24.8 Å². The number of benzene rings is 1. The minimum Gasteiger partial charge on any atom is -0.466 e. The number of nitriles is 1. The Labute approximate surface area is 136 Å². The van der Waals surface area contributed by atoms with Gasteiger partial charge in [0.15, 0.2) is 5.75 Å². The van der Waals surface area contributed by atoms with Crippen LogP contribution in [0.15, 0.2) is 17.0 Å². The van der Waals surface area contributed by atoms with Crippen LogP contribution in [-0.4, -0.2) is 24.4 Å². The lowest BCUT2D eigenvalue weighted by atomic mass is 10.1. The quantitative estimate of drug-likeness (QED) is 0.440. The summed E-state index contributed by atoms with van der Waals surface area (Å²) in [7, 11) is 0. The molecule has 0 unspecified atom stereocenters. The number of alkyl halides is 6. The summed E-state index contributed by atoms with van der Waals surface area (Å²) in [4.78, 5) is 10.6. The largest absolute Gasteiger partial charge is 0.573 e. The molecule has 0 atom stereocenters. The first-order valence-corrected chi connectivity index (χ1v) is 7.01. The van der Waals surface area contributed by atoms with E-state index in [1.165, 1.54) is 13.0 Å². The Bertz CT molecular complexity index is 651. The van der Waals surface area contributed by atoms with Crippen molar-refractivity contribution in [2.45, 2.75) is 30.1 Å². The van der Waals surface area contributed by atoms with Gasteiger partial charge >= 0.3 is 17.8 Å². The number of carbonyl (C=O) groups is 1. The maximum Gasteiger partial charge on any atom is 0.573 e. The topological polar surface area (TPSA) is 59.3 Å². The predicted octanol–water partition coefficient (Wildman–Crippen LogP) is 4.17. The average Bonchev–Trinajstić information content (AvgIpc) is 2.39. The Morgan fingerprint density at radius 2 is 1.88 bits per heavy atom. The van der Waals surface area contributed by atoms with E-state index in [2.05, 4.69) is 9.47 Å². The average molecular weight is 373 g/mol. The first-order valence-electron chi connectivity index (χ1n) is 6.20. The highest BCUT2D eigenvalue weighted by molar-refractivity contribution is 8.00. The molecule has 0 saturated heterocycles. The molecule has 0 amide bonds. The van der Waals surface area contributed by atoms with Crippen LogP contribution >= 0.6 is 11.8 Å². The van der Waals surface area contributed by atoms with Crippen molar-refractivity contribution < 1.29 is 40.6 Å². The third-order valence-electron chi connectivity index (χ3n) is 2.40. The number of esters is 1. The van der Waals surface area contributed by atoms with Gasteiger partial charge in [-0.2, -0.15) is 18.4 Å². The van der Waals surface area contributed by atoms with Crippen LogP contribution in [0.1, 0.15) is 18.1 Å². The van der Waals surface area contributed by atoms with E-state index >= 15 is 0 Å². The fraction of sp³-hybridized carbons (Fsp3) is 0.385. The Balaban J connectivity index is 3.39. The number of thioether (sulfide) groups is 1. The monoisotopic (exact) mass is 373 g/mol. The molecule has 132 valence electrons. The highest BCUT2D eigenvalue weighted by Crippen LogP contribution is 2.43. The van der Waals surface area contributed by atoms with Crippen LogP contribution in [0.2, 0.25) is 0 Å². The van der Waals surface area contributed by atoms with Crippen LogP contribution in [0.4, 0.5) is 26.3 Å². The van der Waals surface area contributed by atoms with Crippen LogP contribution in [0.5, 0.6) is 5.75 Å². The Kier molecular flexibility index (Phi) is 6.36. The third kappa shape index (κ3) is 6.19. The first-order chi connectivity index (χ1) is 11.0. The maximum absolute atomic E-state index is 12.5. The summed E-state index contributed by atoms with van der Waals surface area (Å²) in [6.07, 6.45) is -5.94. The fourth-order valence-electron chi connectivity index (χ4n) is 1.66. The number of carbonyl (C=O) groups excluding carboxylic acids is 1. The Morgan fingerprint density at radius 1 is 1.25 bits per heavy atom. The van der Waals surface area contributed by atoms with E-state index in [0.717, 1.165) is 12.1 Å². The Hall–Kier alpha value is -2.09. The van der Waals surface area contributed by atoms with Gasteiger partial charge in [0, 0.05) is 10.5 Å².